The minimum atomic E-state index is 0.686. The van der Waals surface area contributed by atoms with E-state index in [2.05, 4.69) is 12.1 Å². The molecule has 0 spiro atoms. The van der Waals surface area contributed by atoms with Crippen molar-refractivity contribution < 1.29 is 4.79 Å². The number of hydrogen-bond acceptors (Lipinski definition) is 2. The maximum atomic E-state index is 10.6. The number of rotatable bonds is 3. The number of aldehydes is 1. The van der Waals surface area contributed by atoms with Crippen LogP contribution >= 0.6 is 22.9 Å². The van der Waals surface area contributed by atoms with Gasteiger partial charge in [0.05, 0.1) is 9.21 Å². The van der Waals surface area contributed by atoms with Crippen LogP contribution in [0.5, 0.6) is 0 Å². The van der Waals surface area contributed by atoms with Crippen LogP contribution < -0.4 is 0 Å². The molecular formula is C12H9ClOS. The fraction of sp³-hybridized carbons (Fsp3) is 0.0833. The van der Waals surface area contributed by atoms with Crippen LogP contribution in [0.1, 0.15) is 20.8 Å². The maximum Gasteiger partial charge on any atom is 0.160 e. The summed E-state index contributed by atoms with van der Waals surface area (Å²) in [5.41, 5.74) is 2.23. The first-order chi connectivity index (χ1) is 7.29. The summed E-state index contributed by atoms with van der Waals surface area (Å²) in [5, 5.41) is 0. The fourth-order valence-corrected chi connectivity index (χ4v) is 2.53. The first kappa shape index (κ1) is 10.4. The van der Waals surface area contributed by atoms with Gasteiger partial charge in [-0.2, -0.15) is 0 Å². The molecule has 0 radical (unpaired) electrons. The molecule has 1 aromatic heterocycles. The summed E-state index contributed by atoms with van der Waals surface area (Å²) in [6.45, 7) is 0. The highest BCUT2D eigenvalue weighted by molar-refractivity contribution is 7.17. The number of benzene rings is 1. The zero-order valence-corrected chi connectivity index (χ0v) is 9.52. The van der Waals surface area contributed by atoms with Crippen LogP contribution in [-0.2, 0) is 6.42 Å². The van der Waals surface area contributed by atoms with Crippen molar-refractivity contribution in [2.45, 2.75) is 6.42 Å². The second-order valence-corrected chi connectivity index (χ2v) is 4.91. The average Bonchev–Trinajstić information content (AvgIpc) is 2.61. The van der Waals surface area contributed by atoms with Gasteiger partial charge >= 0.3 is 0 Å². The Bertz CT molecular complexity index is 462. The van der Waals surface area contributed by atoms with Gasteiger partial charge in [0.2, 0.25) is 0 Å². The Morgan fingerprint density at radius 3 is 2.60 bits per heavy atom. The van der Waals surface area contributed by atoms with E-state index in [1.54, 1.807) is 0 Å². The van der Waals surface area contributed by atoms with Gasteiger partial charge in [-0.15, -0.1) is 11.3 Å². The molecule has 0 fully saturated rings. The van der Waals surface area contributed by atoms with Crippen LogP contribution in [0.3, 0.4) is 0 Å². The topological polar surface area (TPSA) is 17.1 Å². The predicted octanol–water partition coefficient (Wildman–Crippen LogP) is 3.80. The molecule has 3 heteroatoms. The van der Waals surface area contributed by atoms with Crippen molar-refractivity contribution in [3.63, 3.8) is 0 Å². The molecular weight excluding hydrogens is 228 g/mol. The SMILES string of the molecule is O=Cc1cc(Cc2ccccc2)c(Cl)s1. The Labute approximate surface area is 97.3 Å². The van der Waals surface area contributed by atoms with Gasteiger partial charge in [-0.05, 0) is 23.6 Å². The molecule has 15 heavy (non-hydrogen) atoms. The lowest BCUT2D eigenvalue weighted by Crippen LogP contribution is -1.85. The molecule has 1 nitrogen and oxygen atoms in total. The molecule has 0 unspecified atom stereocenters. The summed E-state index contributed by atoms with van der Waals surface area (Å²) < 4.78 is 0.709. The Morgan fingerprint density at radius 2 is 2.00 bits per heavy atom. The second-order valence-electron chi connectivity index (χ2n) is 3.23. The van der Waals surface area contributed by atoms with Crippen LogP contribution in [0.15, 0.2) is 36.4 Å². The van der Waals surface area contributed by atoms with E-state index in [0.29, 0.717) is 9.21 Å². The molecule has 0 aliphatic rings. The van der Waals surface area contributed by atoms with Crippen LogP contribution in [0.25, 0.3) is 0 Å². The molecule has 0 amide bonds. The van der Waals surface area contributed by atoms with Gasteiger partial charge in [0.15, 0.2) is 6.29 Å². The number of hydrogen-bond donors (Lipinski definition) is 0. The molecule has 1 heterocycles. The van der Waals surface area contributed by atoms with Gasteiger partial charge in [0.25, 0.3) is 0 Å². The van der Waals surface area contributed by atoms with Crippen molar-refractivity contribution in [1.82, 2.24) is 0 Å². The molecule has 2 aromatic rings. The second kappa shape index (κ2) is 4.60. The van der Waals surface area contributed by atoms with Crippen molar-refractivity contribution >= 4 is 29.2 Å². The summed E-state index contributed by atoms with van der Waals surface area (Å²) in [6.07, 6.45) is 1.62. The summed E-state index contributed by atoms with van der Waals surface area (Å²) in [6, 6.07) is 11.9. The minimum Gasteiger partial charge on any atom is -0.297 e. The van der Waals surface area contributed by atoms with E-state index in [1.807, 2.05) is 24.3 Å². The Balaban J connectivity index is 2.24. The molecule has 0 bridgehead atoms. The van der Waals surface area contributed by atoms with Gasteiger partial charge in [-0.3, -0.25) is 4.79 Å². The van der Waals surface area contributed by atoms with Crippen LogP contribution in [-0.4, -0.2) is 6.29 Å². The molecule has 0 aliphatic carbocycles. The molecule has 0 atom stereocenters. The van der Waals surface area contributed by atoms with E-state index >= 15 is 0 Å². The molecule has 76 valence electrons. The highest BCUT2D eigenvalue weighted by Crippen LogP contribution is 2.28. The zero-order chi connectivity index (χ0) is 10.7. The lowest BCUT2D eigenvalue weighted by molar-refractivity contribution is 0.112. The normalized spacial score (nSPS) is 10.2. The third kappa shape index (κ3) is 2.46. The standard InChI is InChI=1S/C12H9ClOS/c13-12-10(7-11(8-14)15-12)6-9-4-2-1-3-5-9/h1-5,7-8H,6H2. The highest BCUT2D eigenvalue weighted by Gasteiger charge is 2.06. The van der Waals surface area contributed by atoms with E-state index in [0.717, 1.165) is 18.3 Å². The third-order valence-corrected chi connectivity index (χ3v) is 3.50. The fourth-order valence-electron chi connectivity index (χ4n) is 1.42. The van der Waals surface area contributed by atoms with E-state index in [4.69, 9.17) is 11.6 Å². The van der Waals surface area contributed by atoms with Crippen molar-refractivity contribution in [3.8, 4) is 0 Å². The quantitative estimate of drug-likeness (QED) is 0.741. The molecule has 0 aliphatic heterocycles. The maximum absolute atomic E-state index is 10.6. The van der Waals surface area contributed by atoms with Gasteiger partial charge in [0, 0.05) is 0 Å². The van der Waals surface area contributed by atoms with Crippen LogP contribution in [0.4, 0.5) is 0 Å². The average molecular weight is 237 g/mol. The minimum absolute atomic E-state index is 0.686. The van der Waals surface area contributed by atoms with E-state index < -0.39 is 0 Å². The monoisotopic (exact) mass is 236 g/mol. The smallest absolute Gasteiger partial charge is 0.160 e. The number of halogens is 1. The first-order valence-corrected chi connectivity index (χ1v) is 5.76. The number of carbonyl (C=O) groups is 1. The summed E-state index contributed by atoms with van der Waals surface area (Å²) >= 11 is 7.36. The van der Waals surface area contributed by atoms with Gasteiger partial charge in [-0.1, -0.05) is 41.9 Å². The Hall–Kier alpha value is -1.12. The van der Waals surface area contributed by atoms with E-state index in [1.165, 1.54) is 16.9 Å². The Morgan fingerprint density at radius 1 is 1.27 bits per heavy atom. The van der Waals surface area contributed by atoms with Crippen molar-refractivity contribution in [3.05, 3.63) is 56.7 Å². The zero-order valence-electron chi connectivity index (χ0n) is 7.94. The van der Waals surface area contributed by atoms with Gasteiger partial charge in [0.1, 0.15) is 0 Å². The van der Waals surface area contributed by atoms with Gasteiger partial charge in [-0.25, -0.2) is 0 Å². The lowest BCUT2D eigenvalue weighted by Gasteiger charge is -1.98. The number of thiophene rings is 1. The van der Waals surface area contributed by atoms with Crippen molar-refractivity contribution in [1.29, 1.82) is 0 Å². The summed E-state index contributed by atoms with van der Waals surface area (Å²) in [4.78, 5) is 11.3. The highest BCUT2D eigenvalue weighted by atomic mass is 35.5. The Kier molecular flexibility index (Phi) is 3.19. The molecule has 0 N–H and O–H groups in total. The third-order valence-electron chi connectivity index (χ3n) is 2.13. The van der Waals surface area contributed by atoms with Crippen LogP contribution in [0, 0.1) is 0 Å². The summed E-state index contributed by atoms with van der Waals surface area (Å²) in [7, 11) is 0. The molecule has 1 aromatic carbocycles. The predicted molar refractivity (Wildman–Crippen MR) is 64.0 cm³/mol. The van der Waals surface area contributed by atoms with E-state index in [-0.39, 0.29) is 0 Å². The first-order valence-electron chi connectivity index (χ1n) is 4.57. The van der Waals surface area contributed by atoms with Crippen molar-refractivity contribution in [2.24, 2.45) is 0 Å². The molecule has 2 rings (SSSR count). The van der Waals surface area contributed by atoms with E-state index in [9.17, 15) is 4.79 Å². The lowest BCUT2D eigenvalue weighted by atomic mass is 10.1. The molecule has 0 saturated heterocycles. The van der Waals surface area contributed by atoms with Crippen molar-refractivity contribution in [2.75, 3.05) is 0 Å². The number of carbonyl (C=O) groups excluding carboxylic acids is 1. The molecule has 0 saturated carbocycles. The largest absolute Gasteiger partial charge is 0.297 e. The van der Waals surface area contributed by atoms with Crippen LogP contribution in [0.2, 0.25) is 4.34 Å². The van der Waals surface area contributed by atoms with Gasteiger partial charge < -0.3 is 0 Å². The summed E-state index contributed by atoms with van der Waals surface area (Å²) in [5.74, 6) is 0.